The Labute approximate surface area is 295 Å². The standard InChI is InChI=1S/C39H44F2N4O6/c1-4-44(28-17-26(40)16-27(41)18-28)39(48)35-24-45(29-19-31(49-5-2)21-32(20-29)50-6-3)36-22-30(8-9-33(36)37(35)46)51-15-7-12-42-38(47)34-23-43-13-10-25(34)11-14-43/h8-9,16-22,24-25,34H,4-7,10-15,23H2,1-3H3,(H,42,47). The molecule has 270 valence electrons. The number of ether oxygens (including phenoxy) is 3. The number of nitrogens with zero attached hydrogens (tertiary/aromatic N) is 3. The van der Waals surface area contributed by atoms with Gasteiger partial charge >= 0.3 is 0 Å². The van der Waals surface area contributed by atoms with Gasteiger partial charge in [0.2, 0.25) is 11.3 Å². The van der Waals surface area contributed by atoms with Gasteiger partial charge < -0.3 is 33.9 Å². The normalized spacial score (nSPS) is 18.0. The van der Waals surface area contributed by atoms with Crippen molar-refractivity contribution < 1.29 is 32.6 Å². The fourth-order valence-corrected chi connectivity index (χ4v) is 7.11. The van der Waals surface area contributed by atoms with Crippen molar-refractivity contribution in [2.75, 3.05) is 57.4 Å². The topological polar surface area (TPSA) is 102 Å². The van der Waals surface area contributed by atoms with Crippen LogP contribution < -0.4 is 29.9 Å². The van der Waals surface area contributed by atoms with Gasteiger partial charge in [-0.25, -0.2) is 8.78 Å². The van der Waals surface area contributed by atoms with E-state index < -0.39 is 23.0 Å². The second-order valence-electron chi connectivity index (χ2n) is 12.9. The van der Waals surface area contributed by atoms with Crippen LogP contribution in [0.2, 0.25) is 0 Å². The van der Waals surface area contributed by atoms with Gasteiger partial charge in [0.05, 0.1) is 36.9 Å². The molecule has 0 radical (unpaired) electrons. The number of aromatic nitrogens is 1. The molecule has 0 saturated carbocycles. The minimum absolute atomic E-state index is 0.00767. The number of anilines is 1. The summed E-state index contributed by atoms with van der Waals surface area (Å²) in [6, 6.07) is 13.1. The lowest BCUT2D eigenvalue weighted by Gasteiger charge is -2.43. The maximum atomic E-state index is 14.2. The van der Waals surface area contributed by atoms with Crippen LogP contribution in [0.5, 0.6) is 17.2 Å². The Hall–Kier alpha value is -4.97. The van der Waals surface area contributed by atoms with Crippen LogP contribution in [0.1, 0.15) is 50.4 Å². The van der Waals surface area contributed by atoms with Crippen molar-refractivity contribution in [2.45, 2.75) is 40.0 Å². The van der Waals surface area contributed by atoms with Crippen LogP contribution in [0.3, 0.4) is 0 Å². The van der Waals surface area contributed by atoms with Gasteiger partial charge in [-0.1, -0.05) is 0 Å². The number of halogens is 2. The van der Waals surface area contributed by atoms with E-state index in [1.165, 1.54) is 6.20 Å². The predicted molar refractivity (Wildman–Crippen MR) is 191 cm³/mol. The molecular formula is C39H44F2N4O6. The molecule has 3 aliphatic heterocycles. The first-order valence-electron chi connectivity index (χ1n) is 17.7. The molecule has 1 atom stereocenters. The van der Waals surface area contributed by atoms with E-state index in [4.69, 9.17) is 14.2 Å². The second kappa shape index (κ2) is 15.9. The zero-order chi connectivity index (χ0) is 36.1. The molecular weight excluding hydrogens is 658 g/mol. The summed E-state index contributed by atoms with van der Waals surface area (Å²) in [6.45, 7) is 10.0. The van der Waals surface area contributed by atoms with Crippen LogP contribution in [-0.2, 0) is 4.79 Å². The summed E-state index contributed by atoms with van der Waals surface area (Å²) < 4.78 is 47.8. The maximum absolute atomic E-state index is 14.2. The lowest BCUT2D eigenvalue weighted by molar-refractivity contribution is -0.131. The van der Waals surface area contributed by atoms with Gasteiger partial charge in [-0.3, -0.25) is 14.4 Å². The van der Waals surface area contributed by atoms with E-state index in [9.17, 15) is 23.2 Å². The Morgan fingerprint density at radius 2 is 1.57 bits per heavy atom. The van der Waals surface area contributed by atoms with E-state index in [1.807, 2.05) is 13.8 Å². The summed E-state index contributed by atoms with van der Waals surface area (Å²) in [4.78, 5) is 44.4. The number of nitrogens with one attached hydrogen (secondary N) is 1. The summed E-state index contributed by atoms with van der Waals surface area (Å²) in [5.74, 6) is -0.233. The highest BCUT2D eigenvalue weighted by Crippen LogP contribution is 2.33. The van der Waals surface area contributed by atoms with Gasteiger partial charge in [-0.05, 0) is 83.3 Å². The Bertz CT molecular complexity index is 1910. The van der Waals surface area contributed by atoms with Crippen molar-refractivity contribution >= 4 is 28.4 Å². The zero-order valence-corrected chi connectivity index (χ0v) is 29.3. The Balaban J connectivity index is 1.30. The monoisotopic (exact) mass is 702 g/mol. The number of rotatable bonds is 14. The minimum atomic E-state index is -0.840. The maximum Gasteiger partial charge on any atom is 0.263 e. The van der Waals surface area contributed by atoms with Gasteiger partial charge in [-0.2, -0.15) is 0 Å². The molecule has 4 aromatic rings. The lowest BCUT2D eigenvalue weighted by atomic mass is 9.78. The van der Waals surface area contributed by atoms with Gasteiger partial charge in [0.1, 0.15) is 34.4 Å². The molecule has 51 heavy (non-hydrogen) atoms. The summed E-state index contributed by atoms with van der Waals surface area (Å²) in [5.41, 5.74) is 0.263. The molecule has 3 fully saturated rings. The largest absolute Gasteiger partial charge is 0.494 e. The van der Waals surface area contributed by atoms with Gasteiger partial charge in [0.25, 0.3) is 5.91 Å². The number of carbonyl (C=O) groups is 2. The molecule has 0 aliphatic carbocycles. The van der Waals surface area contributed by atoms with Crippen LogP contribution in [0.25, 0.3) is 16.6 Å². The molecule has 1 N–H and O–H groups in total. The van der Waals surface area contributed by atoms with Crippen LogP contribution in [0.15, 0.2) is 65.6 Å². The molecule has 1 unspecified atom stereocenters. The molecule has 3 saturated heterocycles. The number of benzene rings is 3. The molecule has 2 amide bonds. The molecule has 10 nitrogen and oxygen atoms in total. The highest BCUT2D eigenvalue weighted by Gasteiger charge is 2.38. The number of amides is 2. The van der Waals surface area contributed by atoms with E-state index in [0.717, 1.165) is 55.6 Å². The third-order valence-electron chi connectivity index (χ3n) is 9.57. The number of pyridine rings is 1. The van der Waals surface area contributed by atoms with Gasteiger partial charge in [-0.15, -0.1) is 0 Å². The van der Waals surface area contributed by atoms with E-state index in [0.29, 0.717) is 67.2 Å². The molecule has 7 rings (SSSR count). The van der Waals surface area contributed by atoms with E-state index >= 15 is 0 Å². The number of hydrogen-bond donors (Lipinski definition) is 1. The zero-order valence-electron chi connectivity index (χ0n) is 29.3. The molecule has 0 spiro atoms. The summed E-state index contributed by atoms with van der Waals surface area (Å²) >= 11 is 0. The first-order chi connectivity index (χ1) is 24.7. The second-order valence-corrected chi connectivity index (χ2v) is 12.9. The van der Waals surface area contributed by atoms with E-state index in [1.54, 1.807) is 47.9 Å². The smallest absolute Gasteiger partial charge is 0.263 e. The average molecular weight is 703 g/mol. The van der Waals surface area contributed by atoms with Crippen molar-refractivity contribution in [3.8, 4) is 22.9 Å². The third kappa shape index (κ3) is 8.01. The van der Waals surface area contributed by atoms with Crippen LogP contribution >= 0.6 is 0 Å². The van der Waals surface area contributed by atoms with Crippen molar-refractivity contribution in [3.63, 3.8) is 0 Å². The van der Waals surface area contributed by atoms with Crippen molar-refractivity contribution in [1.82, 2.24) is 14.8 Å². The predicted octanol–water partition coefficient (Wildman–Crippen LogP) is 5.96. The number of fused-ring (bicyclic) bond motifs is 4. The molecule has 3 aliphatic rings. The molecule has 2 bridgehead atoms. The van der Waals surface area contributed by atoms with Crippen molar-refractivity contribution in [1.29, 1.82) is 0 Å². The van der Waals surface area contributed by atoms with Crippen LogP contribution in [0.4, 0.5) is 14.5 Å². The number of hydrogen-bond acceptors (Lipinski definition) is 7. The highest BCUT2D eigenvalue weighted by molar-refractivity contribution is 6.07. The van der Waals surface area contributed by atoms with E-state index in [2.05, 4.69) is 10.2 Å². The van der Waals surface area contributed by atoms with Crippen LogP contribution in [-0.4, -0.2) is 73.8 Å². The Morgan fingerprint density at radius 3 is 2.18 bits per heavy atom. The van der Waals surface area contributed by atoms with Crippen molar-refractivity contribution in [3.05, 3.63) is 88.2 Å². The summed E-state index contributed by atoms with van der Waals surface area (Å²) in [6.07, 6.45) is 4.18. The Morgan fingerprint density at radius 1 is 0.882 bits per heavy atom. The first-order valence-corrected chi connectivity index (χ1v) is 17.7. The summed E-state index contributed by atoms with van der Waals surface area (Å²) in [5, 5.41) is 3.31. The number of carbonyl (C=O) groups excluding carboxylic acids is 2. The summed E-state index contributed by atoms with van der Waals surface area (Å²) in [7, 11) is 0. The van der Waals surface area contributed by atoms with Crippen molar-refractivity contribution in [2.24, 2.45) is 11.8 Å². The third-order valence-corrected chi connectivity index (χ3v) is 9.57. The SMILES string of the molecule is CCOc1cc(OCC)cc(-n2cc(C(=O)N(CC)c3cc(F)cc(F)c3)c(=O)c3ccc(OCCCNC(=O)C4CN5CCC4CC5)cc32)c1. The molecule has 12 heteroatoms. The lowest BCUT2D eigenvalue weighted by Crippen LogP contribution is -2.52. The highest BCUT2D eigenvalue weighted by atomic mass is 19.1. The minimum Gasteiger partial charge on any atom is -0.494 e. The van der Waals surface area contributed by atoms with Crippen LogP contribution in [0, 0.1) is 23.5 Å². The first kappa shape index (κ1) is 35.8. The van der Waals surface area contributed by atoms with Gasteiger partial charge in [0.15, 0.2) is 0 Å². The molecule has 3 aromatic carbocycles. The quantitative estimate of drug-likeness (QED) is 0.162. The van der Waals surface area contributed by atoms with E-state index in [-0.39, 0.29) is 35.0 Å². The average Bonchev–Trinajstić information content (AvgIpc) is 3.12. The fraction of sp³-hybridized carbons (Fsp3) is 0.410. The fourth-order valence-electron chi connectivity index (χ4n) is 7.11. The Kier molecular flexibility index (Phi) is 11.2. The molecule has 4 heterocycles. The number of piperidine rings is 3. The van der Waals surface area contributed by atoms with Gasteiger partial charge in [0, 0.05) is 67.2 Å². The molecule has 1 aromatic heterocycles.